The monoisotopic (exact) mass is 314 g/mol. The van der Waals surface area contributed by atoms with Crippen LogP contribution in [0.5, 0.6) is 0 Å². The van der Waals surface area contributed by atoms with Crippen LogP contribution in [-0.4, -0.2) is 18.3 Å². The number of nitrogens with two attached hydrogens (primary N) is 1. The number of aromatic nitrogens is 1. The third kappa shape index (κ3) is 2.86. The van der Waals surface area contributed by atoms with Gasteiger partial charge in [-0.15, -0.1) is 11.3 Å². The van der Waals surface area contributed by atoms with E-state index in [4.69, 9.17) is 5.73 Å². The molecule has 0 saturated carbocycles. The average molecular weight is 314 g/mol. The van der Waals surface area contributed by atoms with Gasteiger partial charge in [-0.3, -0.25) is 14.8 Å². The number of sulfonamides is 1. The molecule has 1 aromatic carbocycles. The van der Waals surface area contributed by atoms with E-state index in [1.165, 1.54) is 17.5 Å². The Kier molecular flexibility index (Phi) is 3.59. The normalized spacial score (nSPS) is 11.2. The summed E-state index contributed by atoms with van der Waals surface area (Å²) in [5.74, 6) is 0. The second kappa shape index (κ2) is 5.06. The zero-order valence-electron chi connectivity index (χ0n) is 10.2. The number of hydrogen-bond acceptors (Lipinski definition) is 7. The maximum absolute atomic E-state index is 12.1. The molecule has 106 valence electrons. The van der Waals surface area contributed by atoms with Crippen LogP contribution in [-0.2, 0) is 10.0 Å². The number of nitrogens with one attached hydrogen (secondary N) is 1. The fraction of sp³-hybridized carbons (Fsp3) is 0.100. The quantitative estimate of drug-likeness (QED) is 0.502. The van der Waals surface area contributed by atoms with Crippen LogP contribution in [0.2, 0.25) is 0 Å². The molecule has 0 amide bonds. The highest BCUT2D eigenvalue weighted by Gasteiger charge is 2.20. The first kappa shape index (κ1) is 14.2. The Labute approximate surface area is 118 Å². The smallest absolute Gasteiger partial charge is 0.292 e. The first-order valence-corrected chi connectivity index (χ1v) is 7.59. The third-order valence-corrected chi connectivity index (χ3v) is 4.64. The predicted molar refractivity (Wildman–Crippen MR) is 75.2 cm³/mol. The van der Waals surface area contributed by atoms with E-state index in [-0.39, 0.29) is 21.4 Å². The van der Waals surface area contributed by atoms with E-state index in [9.17, 15) is 18.5 Å². The lowest BCUT2D eigenvalue weighted by Gasteiger charge is -2.06. The molecular formula is C10H10N4O4S2. The van der Waals surface area contributed by atoms with Crippen molar-refractivity contribution in [2.24, 2.45) is 0 Å². The van der Waals surface area contributed by atoms with Crippen molar-refractivity contribution in [1.29, 1.82) is 0 Å². The lowest BCUT2D eigenvalue weighted by Crippen LogP contribution is -2.13. The van der Waals surface area contributed by atoms with Gasteiger partial charge in [-0.05, 0) is 19.1 Å². The number of nitro benzene ring substituents is 1. The summed E-state index contributed by atoms with van der Waals surface area (Å²) < 4.78 is 26.4. The summed E-state index contributed by atoms with van der Waals surface area (Å²) in [5, 5.41) is 10.9. The van der Waals surface area contributed by atoms with E-state index in [0.717, 1.165) is 23.1 Å². The summed E-state index contributed by atoms with van der Waals surface area (Å²) in [4.78, 5) is 14.5. The molecular weight excluding hydrogens is 304 g/mol. The molecule has 0 unspecified atom stereocenters. The van der Waals surface area contributed by atoms with Crippen molar-refractivity contribution in [2.45, 2.75) is 11.8 Å². The minimum absolute atomic E-state index is 0.159. The molecule has 0 aliphatic carbocycles. The number of nitrogen functional groups attached to an aromatic ring is 1. The lowest BCUT2D eigenvalue weighted by molar-refractivity contribution is -0.383. The highest BCUT2D eigenvalue weighted by Crippen LogP contribution is 2.26. The molecule has 0 radical (unpaired) electrons. The molecule has 1 heterocycles. The van der Waals surface area contributed by atoms with Crippen LogP contribution in [0.4, 0.5) is 16.5 Å². The molecule has 10 heteroatoms. The zero-order chi connectivity index (χ0) is 14.9. The Bertz CT molecular complexity index is 769. The third-order valence-electron chi connectivity index (χ3n) is 2.35. The number of anilines is 2. The first-order chi connectivity index (χ1) is 9.29. The largest absolute Gasteiger partial charge is 0.393 e. The summed E-state index contributed by atoms with van der Waals surface area (Å²) in [5.41, 5.74) is 4.92. The molecule has 8 nitrogen and oxygen atoms in total. The van der Waals surface area contributed by atoms with Crippen molar-refractivity contribution >= 4 is 37.9 Å². The standard InChI is InChI=1S/C10H10N4O4S2/c1-6-5-12-10(19-6)13-20(17,18)7-2-3-9(14(15)16)8(11)4-7/h2-5H,11H2,1H3,(H,12,13). The van der Waals surface area contributed by atoms with Crippen LogP contribution in [0.15, 0.2) is 29.3 Å². The lowest BCUT2D eigenvalue weighted by atomic mass is 10.3. The Hall–Kier alpha value is -2.20. The van der Waals surface area contributed by atoms with Gasteiger partial charge in [0, 0.05) is 17.1 Å². The number of thiazole rings is 1. The van der Waals surface area contributed by atoms with Crippen LogP contribution in [0.3, 0.4) is 0 Å². The van der Waals surface area contributed by atoms with Crippen molar-refractivity contribution in [2.75, 3.05) is 10.5 Å². The van der Waals surface area contributed by atoms with E-state index in [2.05, 4.69) is 9.71 Å². The van der Waals surface area contributed by atoms with Gasteiger partial charge < -0.3 is 5.73 Å². The molecule has 0 fully saturated rings. The van der Waals surface area contributed by atoms with Gasteiger partial charge in [-0.25, -0.2) is 13.4 Å². The average Bonchev–Trinajstić information content (AvgIpc) is 2.73. The zero-order valence-corrected chi connectivity index (χ0v) is 11.9. The number of rotatable bonds is 4. The highest BCUT2D eigenvalue weighted by atomic mass is 32.2. The van der Waals surface area contributed by atoms with E-state index < -0.39 is 14.9 Å². The van der Waals surface area contributed by atoms with Crippen LogP contribution in [0, 0.1) is 17.0 Å². The number of hydrogen-bond donors (Lipinski definition) is 2. The molecule has 0 spiro atoms. The maximum atomic E-state index is 12.1. The molecule has 0 saturated heterocycles. The van der Waals surface area contributed by atoms with Crippen LogP contribution < -0.4 is 10.5 Å². The first-order valence-electron chi connectivity index (χ1n) is 5.29. The van der Waals surface area contributed by atoms with Gasteiger partial charge in [-0.2, -0.15) is 0 Å². The molecule has 0 bridgehead atoms. The highest BCUT2D eigenvalue weighted by molar-refractivity contribution is 7.93. The van der Waals surface area contributed by atoms with E-state index in [1.807, 2.05) is 0 Å². The van der Waals surface area contributed by atoms with Crippen LogP contribution in [0.1, 0.15) is 4.88 Å². The van der Waals surface area contributed by atoms with Crippen molar-refractivity contribution in [3.05, 3.63) is 39.4 Å². The summed E-state index contributed by atoms with van der Waals surface area (Å²) >= 11 is 1.18. The molecule has 0 aliphatic rings. The second-order valence-electron chi connectivity index (χ2n) is 3.86. The molecule has 20 heavy (non-hydrogen) atoms. The topological polar surface area (TPSA) is 128 Å². The minimum Gasteiger partial charge on any atom is -0.393 e. The van der Waals surface area contributed by atoms with Gasteiger partial charge in [0.1, 0.15) is 5.69 Å². The van der Waals surface area contributed by atoms with Gasteiger partial charge >= 0.3 is 0 Å². The Morgan fingerprint density at radius 3 is 2.65 bits per heavy atom. The van der Waals surface area contributed by atoms with Gasteiger partial charge in [-0.1, -0.05) is 0 Å². The molecule has 0 aliphatic heterocycles. The fourth-order valence-corrected chi connectivity index (χ4v) is 3.38. The number of aryl methyl sites for hydroxylation is 1. The van der Waals surface area contributed by atoms with E-state index in [1.54, 1.807) is 6.92 Å². The maximum Gasteiger partial charge on any atom is 0.292 e. The van der Waals surface area contributed by atoms with E-state index >= 15 is 0 Å². The van der Waals surface area contributed by atoms with Gasteiger partial charge in [0.15, 0.2) is 5.13 Å². The molecule has 2 aromatic rings. The predicted octanol–water partition coefficient (Wildman–Crippen LogP) is 1.74. The van der Waals surface area contributed by atoms with E-state index in [0.29, 0.717) is 0 Å². The second-order valence-corrected chi connectivity index (χ2v) is 6.78. The molecule has 2 rings (SSSR count). The summed E-state index contributed by atoms with van der Waals surface area (Å²) in [6.45, 7) is 1.79. The van der Waals surface area contributed by atoms with Crippen molar-refractivity contribution in [3.8, 4) is 0 Å². The van der Waals surface area contributed by atoms with Gasteiger partial charge in [0.25, 0.3) is 15.7 Å². The number of benzene rings is 1. The van der Waals surface area contributed by atoms with Crippen molar-refractivity contribution < 1.29 is 13.3 Å². The molecule has 3 N–H and O–H groups in total. The minimum atomic E-state index is -3.87. The van der Waals surface area contributed by atoms with Crippen LogP contribution in [0.25, 0.3) is 0 Å². The Morgan fingerprint density at radius 2 is 2.15 bits per heavy atom. The Morgan fingerprint density at radius 1 is 1.45 bits per heavy atom. The van der Waals surface area contributed by atoms with Crippen molar-refractivity contribution in [3.63, 3.8) is 0 Å². The summed E-state index contributed by atoms with van der Waals surface area (Å²) in [7, 11) is -3.87. The summed E-state index contributed by atoms with van der Waals surface area (Å²) in [6.07, 6.45) is 1.53. The van der Waals surface area contributed by atoms with Crippen molar-refractivity contribution in [1.82, 2.24) is 4.98 Å². The van der Waals surface area contributed by atoms with Gasteiger partial charge in [0.05, 0.1) is 9.82 Å². The van der Waals surface area contributed by atoms with Crippen LogP contribution >= 0.6 is 11.3 Å². The number of nitro groups is 1. The molecule has 0 atom stereocenters. The van der Waals surface area contributed by atoms with Gasteiger partial charge in [0.2, 0.25) is 0 Å². The SMILES string of the molecule is Cc1cnc(NS(=O)(=O)c2ccc([N+](=O)[O-])c(N)c2)s1. The molecule has 1 aromatic heterocycles. The number of nitrogens with zero attached hydrogens (tertiary/aromatic N) is 2. The summed E-state index contributed by atoms with van der Waals surface area (Å²) in [6, 6.07) is 3.22. The fourth-order valence-electron chi connectivity index (χ4n) is 1.44. The Balaban J connectivity index is 2.35.